The van der Waals surface area contributed by atoms with Gasteiger partial charge in [-0.3, -0.25) is 4.79 Å². The second-order valence-corrected chi connectivity index (χ2v) is 5.46. The van der Waals surface area contributed by atoms with Crippen LogP contribution in [0.2, 0.25) is 0 Å². The molecule has 2 nitrogen and oxygen atoms in total. The molecule has 2 heteroatoms. The topological polar surface area (TPSA) is 37.3 Å². The molecule has 0 aliphatic heterocycles. The lowest BCUT2D eigenvalue weighted by Gasteiger charge is -2.34. The normalized spacial score (nSPS) is 39.3. The van der Waals surface area contributed by atoms with E-state index in [1.807, 2.05) is 0 Å². The number of hydrogen-bond acceptors (Lipinski definition) is 2. The van der Waals surface area contributed by atoms with E-state index in [0.29, 0.717) is 11.3 Å². The first-order chi connectivity index (χ1) is 6.32. The molecule has 0 aromatic heterocycles. The molecule has 78 valence electrons. The molecule has 1 fully saturated rings. The van der Waals surface area contributed by atoms with Gasteiger partial charge >= 0.3 is 0 Å². The number of rotatable bonds is 1. The Morgan fingerprint density at radius 3 is 2.29 bits per heavy atom. The van der Waals surface area contributed by atoms with Crippen LogP contribution in [0.25, 0.3) is 0 Å². The van der Waals surface area contributed by atoms with Crippen molar-refractivity contribution in [1.29, 1.82) is 0 Å². The van der Waals surface area contributed by atoms with Gasteiger partial charge in [0.25, 0.3) is 0 Å². The van der Waals surface area contributed by atoms with E-state index in [4.69, 9.17) is 0 Å². The van der Waals surface area contributed by atoms with E-state index in [9.17, 15) is 9.90 Å². The van der Waals surface area contributed by atoms with Crippen LogP contribution in [0.5, 0.6) is 0 Å². The minimum absolute atomic E-state index is 0.0398. The molecule has 0 aromatic carbocycles. The summed E-state index contributed by atoms with van der Waals surface area (Å²) in [7, 11) is 0. The summed E-state index contributed by atoms with van der Waals surface area (Å²) in [5.41, 5.74) is 0.570. The van der Waals surface area contributed by atoms with E-state index in [1.54, 1.807) is 6.92 Å². The van der Waals surface area contributed by atoms with Crippen molar-refractivity contribution < 1.29 is 9.90 Å². The molecule has 0 saturated heterocycles. The number of hydrogen-bond donors (Lipinski definition) is 1. The predicted octanol–water partition coefficient (Wildman–Crippen LogP) is 2.84. The molecular formula is C12H18O2. The van der Waals surface area contributed by atoms with Gasteiger partial charge in [0.05, 0.1) is 0 Å². The molecule has 0 amide bonds. The highest BCUT2D eigenvalue weighted by Gasteiger charge is 2.61. The zero-order valence-corrected chi connectivity index (χ0v) is 9.35. The van der Waals surface area contributed by atoms with Gasteiger partial charge in [0.15, 0.2) is 5.78 Å². The highest BCUT2D eigenvalue weighted by atomic mass is 16.3. The van der Waals surface area contributed by atoms with E-state index in [2.05, 4.69) is 20.8 Å². The molecule has 2 aliphatic rings. The number of aliphatic hydroxyl groups excluding tert-OH is 1. The van der Waals surface area contributed by atoms with Crippen LogP contribution >= 0.6 is 0 Å². The van der Waals surface area contributed by atoms with Crippen LogP contribution in [0.1, 0.15) is 40.5 Å². The molecule has 1 saturated carbocycles. The van der Waals surface area contributed by atoms with Crippen LogP contribution in [0.15, 0.2) is 11.3 Å². The summed E-state index contributed by atoms with van der Waals surface area (Å²) in [6, 6.07) is 0. The van der Waals surface area contributed by atoms with Crippen molar-refractivity contribution in [2.75, 3.05) is 0 Å². The first-order valence-electron chi connectivity index (χ1n) is 5.27. The van der Waals surface area contributed by atoms with E-state index in [0.717, 1.165) is 12.8 Å². The van der Waals surface area contributed by atoms with Gasteiger partial charge in [-0.1, -0.05) is 20.8 Å². The van der Waals surface area contributed by atoms with Gasteiger partial charge in [0, 0.05) is 11.0 Å². The maximum Gasteiger partial charge on any atom is 0.159 e. The van der Waals surface area contributed by atoms with Crippen LogP contribution in [-0.4, -0.2) is 10.9 Å². The number of ketones is 1. The number of carbonyl (C=O) groups excluding carboxylic acids is 1. The van der Waals surface area contributed by atoms with Gasteiger partial charge in [-0.25, -0.2) is 0 Å². The molecule has 2 aliphatic carbocycles. The van der Waals surface area contributed by atoms with Crippen molar-refractivity contribution in [2.24, 2.45) is 16.7 Å². The summed E-state index contributed by atoms with van der Waals surface area (Å²) in [4.78, 5) is 11.5. The summed E-state index contributed by atoms with van der Waals surface area (Å²) in [6.45, 7) is 7.97. The Bertz CT molecular complexity index is 338. The molecule has 2 bridgehead atoms. The molecule has 0 aromatic rings. The summed E-state index contributed by atoms with van der Waals surface area (Å²) in [5, 5.41) is 10.1. The number of Topliss-reactive ketones (excluding diaryl/α,β-unsaturated/α-hetero) is 1. The minimum atomic E-state index is -0.168. The molecule has 1 N–H and O–H groups in total. The minimum Gasteiger partial charge on any atom is -0.511 e. The molecule has 14 heavy (non-hydrogen) atoms. The van der Waals surface area contributed by atoms with E-state index >= 15 is 0 Å². The Hall–Kier alpha value is -0.790. The molecule has 0 spiro atoms. The SMILES string of the molecule is CC(=O)C1=C(O)C2(C)CCC1C2(C)C. The summed E-state index contributed by atoms with van der Waals surface area (Å²) in [5.74, 6) is 0.681. The lowest BCUT2D eigenvalue weighted by Crippen LogP contribution is -2.30. The van der Waals surface area contributed by atoms with E-state index in [1.165, 1.54) is 0 Å². The monoisotopic (exact) mass is 194 g/mol. The first-order valence-corrected chi connectivity index (χ1v) is 5.27. The summed E-state index contributed by atoms with van der Waals surface area (Å²) < 4.78 is 0. The molecule has 2 rings (SSSR count). The molecule has 2 atom stereocenters. The van der Waals surface area contributed by atoms with E-state index in [-0.39, 0.29) is 22.5 Å². The lowest BCUT2D eigenvalue weighted by molar-refractivity contribution is -0.114. The quantitative estimate of drug-likeness (QED) is 0.697. The maximum atomic E-state index is 11.5. The average molecular weight is 194 g/mol. The van der Waals surface area contributed by atoms with Crippen molar-refractivity contribution in [2.45, 2.75) is 40.5 Å². The second kappa shape index (κ2) is 2.41. The van der Waals surface area contributed by atoms with Crippen LogP contribution < -0.4 is 0 Å². The highest BCUT2D eigenvalue weighted by Crippen LogP contribution is 2.67. The Morgan fingerprint density at radius 1 is 1.43 bits per heavy atom. The number of aliphatic hydroxyl groups is 1. The van der Waals surface area contributed by atoms with Crippen LogP contribution in [0, 0.1) is 16.7 Å². The molecule has 0 heterocycles. The predicted molar refractivity (Wildman–Crippen MR) is 54.9 cm³/mol. The first kappa shape index (κ1) is 9.75. The van der Waals surface area contributed by atoms with Gasteiger partial charge < -0.3 is 5.11 Å². The zero-order valence-electron chi connectivity index (χ0n) is 9.35. The number of carbonyl (C=O) groups is 1. The van der Waals surface area contributed by atoms with Crippen molar-refractivity contribution in [3.8, 4) is 0 Å². The highest BCUT2D eigenvalue weighted by molar-refractivity contribution is 5.95. The Kier molecular flexibility index (Phi) is 1.68. The maximum absolute atomic E-state index is 11.5. The van der Waals surface area contributed by atoms with Gasteiger partial charge in [0.2, 0.25) is 0 Å². The average Bonchev–Trinajstić information content (AvgIpc) is 2.35. The van der Waals surface area contributed by atoms with Gasteiger partial charge in [0.1, 0.15) is 5.76 Å². The lowest BCUT2D eigenvalue weighted by atomic mass is 9.70. The van der Waals surface area contributed by atoms with Crippen molar-refractivity contribution >= 4 is 5.78 Å². The third kappa shape index (κ3) is 0.800. The fraction of sp³-hybridized carbons (Fsp3) is 0.750. The summed E-state index contributed by atoms with van der Waals surface area (Å²) in [6.07, 6.45) is 2.05. The second-order valence-electron chi connectivity index (χ2n) is 5.46. The smallest absolute Gasteiger partial charge is 0.159 e. The van der Waals surface area contributed by atoms with Gasteiger partial charge in [-0.05, 0) is 31.1 Å². The van der Waals surface area contributed by atoms with Crippen LogP contribution in [0.4, 0.5) is 0 Å². The zero-order chi connectivity index (χ0) is 10.7. The number of allylic oxidation sites excluding steroid dienone is 2. The Labute approximate surface area is 85.0 Å². The standard InChI is InChI=1S/C12H18O2/c1-7(13)9-8-5-6-12(4,10(9)14)11(8,2)3/h8,14H,5-6H2,1-4H3. The van der Waals surface area contributed by atoms with Crippen LogP contribution in [0.3, 0.4) is 0 Å². The molecule has 2 unspecified atom stereocenters. The molecule has 0 radical (unpaired) electrons. The third-order valence-electron chi connectivity index (χ3n) is 4.73. The fourth-order valence-corrected chi connectivity index (χ4v) is 3.30. The number of fused-ring (bicyclic) bond motifs is 2. The van der Waals surface area contributed by atoms with Gasteiger partial charge in [-0.15, -0.1) is 0 Å². The Balaban J connectivity index is 2.58. The molecular weight excluding hydrogens is 176 g/mol. The largest absolute Gasteiger partial charge is 0.511 e. The van der Waals surface area contributed by atoms with Crippen molar-refractivity contribution in [1.82, 2.24) is 0 Å². The fourth-order valence-electron chi connectivity index (χ4n) is 3.30. The third-order valence-corrected chi connectivity index (χ3v) is 4.73. The Morgan fingerprint density at radius 2 is 2.00 bits per heavy atom. The summed E-state index contributed by atoms with van der Waals surface area (Å²) >= 11 is 0. The van der Waals surface area contributed by atoms with Crippen molar-refractivity contribution in [3.63, 3.8) is 0 Å². The van der Waals surface area contributed by atoms with E-state index < -0.39 is 0 Å². The van der Waals surface area contributed by atoms with Gasteiger partial charge in [-0.2, -0.15) is 0 Å². The van der Waals surface area contributed by atoms with Crippen molar-refractivity contribution in [3.05, 3.63) is 11.3 Å². The van der Waals surface area contributed by atoms with Crippen LogP contribution in [-0.2, 0) is 4.79 Å².